The van der Waals surface area contributed by atoms with Gasteiger partial charge in [0.2, 0.25) is 0 Å². The fourth-order valence-corrected chi connectivity index (χ4v) is 4.82. The zero-order valence-corrected chi connectivity index (χ0v) is 17.8. The molecule has 0 radical (unpaired) electrons. The van der Waals surface area contributed by atoms with Gasteiger partial charge in [0.15, 0.2) is 0 Å². The Bertz CT molecular complexity index is 995. The summed E-state index contributed by atoms with van der Waals surface area (Å²) in [5, 5.41) is 22.3. The van der Waals surface area contributed by atoms with Crippen LogP contribution >= 0.6 is 11.8 Å². The lowest BCUT2D eigenvalue weighted by atomic mass is 9.73. The number of aliphatic hydroxyl groups is 2. The molecule has 1 aliphatic rings. The minimum Gasteiger partial charge on any atom is -0.396 e. The molecule has 2 heterocycles. The van der Waals surface area contributed by atoms with Crippen molar-refractivity contribution in [3.05, 3.63) is 65.7 Å². The normalized spacial score (nSPS) is 22.2. The second-order valence-electron chi connectivity index (χ2n) is 8.09. The van der Waals surface area contributed by atoms with Gasteiger partial charge in [-0.3, -0.25) is 0 Å². The molecule has 4 nitrogen and oxygen atoms in total. The third kappa shape index (κ3) is 4.00. The van der Waals surface area contributed by atoms with Crippen LogP contribution in [0.2, 0.25) is 0 Å². The predicted octanol–water partition coefficient (Wildman–Crippen LogP) is 4.06. The van der Waals surface area contributed by atoms with Crippen LogP contribution < -0.4 is 4.90 Å². The first kappa shape index (κ1) is 20.2. The smallest absolute Gasteiger partial charge is 0.129 e. The highest BCUT2D eigenvalue weighted by Gasteiger charge is 2.43. The molecule has 29 heavy (non-hydrogen) atoms. The second kappa shape index (κ2) is 8.34. The topological polar surface area (TPSA) is 56.6 Å². The highest BCUT2D eigenvalue weighted by Crippen LogP contribution is 2.36. The van der Waals surface area contributed by atoms with Gasteiger partial charge in [-0.2, -0.15) is 0 Å². The number of aromatic nitrogens is 1. The third-order valence-corrected chi connectivity index (χ3v) is 6.86. The van der Waals surface area contributed by atoms with E-state index in [1.165, 1.54) is 15.8 Å². The number of piperidine rings is 1. The van der Waals surface area contributed by atoms with E-state index in [4.69, 9.17) is 4.98 Å². The maximum absolute atomic E-state index is 10.8. The fourth-order valence-electron chi connectivity index (χ4n) is 4.38. The van der Waals surface area contributed by atoms with E-state index >= 15 is 0 Å². The largest absolute Gasteiger partial charge is 0.396 e. The molecule has 2 atom stereocenters. The standard InChI is InChI=1S/C24H28N2O2S/c1-17-12-23(25-21-9-8-19(29-2)13-20(17)21)26-11-10-22(28)24(15-26,16-27)14-18-6-4-3-5-7-18/h3-9,12-13,22,27-28H,10-11,14-16H2,1-2H3/t22-,24+/m0/s1. The van der Waals surface area contributed by atoms with Crippen LogP contribution in [0.25, 0.3) is 10.9 Å². The molecule has 0 aliphatic carbocycles. The van der Waals surface area contributed by atoms with Crippen LogP contribution in [0.5, 0.6) is 0 Å². The van der Waals surface area contributed by atoms with Crippen molar-refractivity contribution < 1.29 is 10.2 Å². The first-order valence-electron chi connectivity index (χ1n) is 10.1. The average Bonchev–Trinajstić information content (AvgIpc) is 2.75. The van der Waals surface area contributed by atoms with Gasteiger partial charge in [-0.1, -0.05) is 30.3 Å². The number of aliphatic hydroxyl groups excluding tert-OH is 2. The minimum absolute atomic E-state index is 0.0524. The molecule has 0 unspecified atom stereocenters. The lowest BCUT2D eigenvalue weighted by Gasteiger charge is -2.46. The number of rotatable bonds is 5. The number of nitrogens with zero attached hydrogens (tertiary/aromatic N) is 2. The van der Waals surface area contributed by atoms with E-state index in [-0.39, 0.29) is 6.61 Å². The Morgan fingerprint density at radius 2 is 1.97 bits per heavy atom. The van der Waals surface area contributed by atoms with E-state index in [2.05, 4.69) is 54.5 Å². The molecule has 1 aliphatic heterocycles. The minimum atomic E-state index is -0.590. The molecular formula is C24H28N2O2S. The van der Waals surface area contributed by atoms with Gasteiger partial charge in [0.05, 0.1) is 18.2 Å². The first-order chi connectivity index (χ1) is 14.0. The molecule has 0 spiro atoms. The molecule has 1 saturated heterocycles. The van der Waals surface area contributed by atoms with E-state index in [9.17, 15) is 10.2 Å². The van der Waals surface area contributed by atoms with Crippen LogP contribution in [-0.4, -0.2) is 47.3 Å². The summed E-state index contributed by atoms with van der Waals surface area (Å²) >= 11 is 1.73. The Morgan fingerprint density at radius 3 is 2.69 bits per heavy atom. The number of fused-ring (bicyclic) bond motifs is 1. The number of anilines is 1. The molecule has 0 bridgehead atoms. The molecule has 152 valence electrons. The molecule has 4 rings (SSSR count). The number of aryl methyl sites for hydroxylation is 1. The molecule has 2 N–H and O–H groups in total. The molecule has 1 aromatic heterocycles. The summed E-state index contributed by atoms with van der Waals surface area (Å²) in [6.07, 6.45) is 2.82. The van der Waals surface area contributed by atoms with Gasteiger partial charge in [0.1, 0.15) is 5.82 Å². The van der Waals surface area contributed by atoms with Crippen LogP contribution in [0, 0.1) is 12.3 Å². The van der Waals surface area contributed by atoms with E-state index in [1.807, 2.05) is 18.2 Å². The van der Waals surface area contributed by atoms with Crippen LogP contribution in [0.1, 0.15) is 17.5 Å². The molecule has 0 amide bonds. The van der Waals surface area contributed by atoms with Crippen LogP contribution in [0.3, 0.4) is 0 Å². The van der Waals surface area contributed by atoms with Crippen molar-refractivity contribution in [3.8, 4) is 0 Å². The summed E-state index contributed by atoms with van der Waals surface area (Å²) in [5.41, 5.74) is 2.73. The molecule has 5 heteroatoms. The summed E-state index contributed by atoms with van der Waals surface area (Å²) in [5.74, 6) is 0.921. The van der Waals surface area contributed by atoms with E-state index in [1.54, 1.807) is 11.8 Å². The van der Waals surface area contributed by atoms with Gasteiger partial charge in [-0.25, -0.2) is 4.98 Å². The summed E-state index contributed by atoms with van der Waals surface area (Å²) < 4.78 is 0. The number of benzene rings is 2. The summed E-state index contributed by atoms with van der Waals surface area (Å²) in [6.45, 7) is 3.39. The van der Waals surface area contributed by atoms with Gasteiger partial charge < -0.3 is 15.1 Å². The van der Waals surface area contributed by atoms with Crippen LogP contribution in [0.4, 0.5) is 5.82 Å². The Morgan fingerprint density at radius 1 is 1.17 bits per heavy atom. The fraction of sp³-hybridized carbons (Fsp3) is 0.375. The van der Waals surface area contributed by atoms with Gasteiger partial charge in [0, 0.05) is 28.8 Å². The third-order valence-electron chi connectivity index (χ3n) is 6.13. The molecule has 1 fully saturated rings. The molecular weight excluding hydrogens is 380 g/mol. The van der Waals surface area contributed by atoms with Crippen molar-refractivity contribution in [2.24, 2.45) is 5.41 Å². The zero-order chi connectivity index (χ0) is 20.4. The molecule has 0 saturated carbocycles. The van der Waals surface area contributed by atoms with E-state index in [0.717, 1.165) is 23.4 Å². The van der Waals surface area contributed by atoms with Gasteiger partial charge in [0.25, 0.3) is 0 Å². The highest BCUT2D eigenvalue weighted by atomic mass is 32.2. The molecule has 3 aromatic rings. The van der Waals surface area contributed by atoms with Gasteiger partial charge in [-0.05, 0) is 61.4 Å². The highest BCUT2D eigenvalue weighted by molar-refractivity contribution is 7.98. The Balaban J connectivity index is 1.66. The number of pyridine rings is 1. The SMILES string of the molecule is CSc1ccc2nc(N3CC[C@H](O)[C@](CO)(Cc4ccccc4)C3)cc(C)c2c1. The van der Waals surface area contributed by atoms with Crippen molar-refractivity contribution in [2.45, 2.75) is 30.8 Å². The van der Waals surface area contributed by atoms with Crippen molar-refractivity contribution >= 4 is 28.5 Å². The van der Waals surface area contributed by atoms with Crippen molar-refractivity contribution in [1.29, 1.82) is 0 Å². The monoisotopic (exact) mass is 408 g/mol. The van der Waals surface area contributed by atoms with Crippen molar-refractivity contribution in [3.63, 3.8) is 0 Å². The second-order valence-corrected chi connectivity index (χ2v) is 8.97. The maximum Gasteiger partial charge on any atom is 0.129 e. The lowest BCUT2D eigenvalue weighted by molar-refractivity contribution is -0.0292. The summed E-state index contributed by atoms with van der Waals surface area (Å²) in [7, 11) is 0. The lowest BCUT2D eigenvalue weighted by Crippen LogP contribution is -2.55. The quantitative estimate of drug-likeness (QED) is 0.624. The van der Waals surface area contributed by atoms with Crippen molar-refractivity contribution in [2.75, 3.05) is 30.9 Å². The Hall–Kier alpha value is -2.08. The maximum atomic E-state index is 10.8. The number of hydrogen-bond donors (Lipinski definition) is 2. The van der Waals surface area contributed by atoms with Crippen LogP contribution in [0.15, 0.2) is 59.5 Å². The summed E-state index contributed by atoms with van der Waals surface area (Å²) in [4.78, 5) is 8.38. The Kier molecular flexibility index (Phi) is 5.81. The average molecular weight is 409 g/mol. The summed E-state index contributed by atoms with van der Waals surface area (Å²) in [6, 6.07) is 18.6. The van der Waals surface area contributed by atoms with Crippen molar-refractivity contribution in [1.82, 2.24) is 4.98 Å². The zero-order valence-electron chi connectivity index (χ0n) is 17.0. The van der Waals surface area contributed by atoms with Crippen LogP contribution in [-0.2, 0) is 6.42 Å². The Labute approximate surface area is 176 Å². The molecule has 2 aromatic carbocycles. The van der Waals surface area contributed by atoms with E-state index < -0.39 is 11.5 Å². The number of thioether (sulfide) groups is 1. The predicted molar refractivity (Wildman–Crippen MR) is 121 cm³/mol. The van der Waals surface area contributed by atoms with Gasteiger partial charge >= 0.3 is 0 Å². The first-order valence-corrected chi connectivity index (χ1v) is 11.3. The van der Waals surface area contributed by atoms with E-state index in [0.29, 0.717) is 19.4 Å². The van der Waals surface area contributed by atoms with Gasteiger partial charge in [-0.15, -0.1) is 11.8 Å². The number of hydrogen-bond acceptors (Lipinski definition) is 5.